The van der Waals surface area contributed by atoms with Gasteiger partial charge in [0.05, 0.1) is 19.1 Å². The molecule has 8 nitrogen and oxygen atoms in total. The van der Waals surface area contributed by atoms with Crippen LogP contribution in [0.1, 0.15) is 12.8 Å². The summed E-state index contributed by atoms with van der Waals surface area (Å²) in [5, 5.41) is 0. The minimum absolute atomic E-state index is 0.129. The topological polar surface area (TPSA) is 89.5 Å². The number of benzene rings is 4. The first-order valence-electron chi connectivity index (χ1n) is 14.6. The minimum Gasteiger partial charge on any atom is -0.490 e. The standard InChI is InChI=1S/C31H29ClO6S.C5H7ClO2/c32-20-19-31(33)38-28(21-34-24-7-3-1-4-8-24)22-35-26-11-15-29(16-12-26)39-30-17-13-27(14-18-30)37-23-36-25-9-5-2-6-10-25;1-2-8-5(7)3-4-6/h1-18,28H,19-23H2;2H,1,3-4H2. The smallest absolute Gasteiger partial charge is 0.311 e. The van der Waals surface area contributed by atoms with Crippen molar-refractivity contribution >= 4 is 46.9 Å². The summed E-state index contributed by atoms with van der Waals surface area (Å²) >= 11 is 12.5. The third kappa shape index (κ3) is 15.7. The van der Waals surface area contributed by atoms with Crippen molar-refractivity contribution in [3.8, 4) is 23.0 Å². The Morgan fingerprint density at radius 1 is 0.617 bits per heavy atom. The highest BCUT2D eigenvalue weighted by atomic mass is 35.5. The van der Waals surface area contributed by atoms with Crippen LogP contribution < -0.4 is 18.9 Å². The number of para-hydroxylation sites is 2. The first kappa shape index (κ1) is 37.2. The van der Waals surface area contributed by atoms with Crippen molar-refractivity contribution in [2.45, 2.75) is 28.7 Å². The van der Waals surface area contributed by atoms with Crippen LogP contribution in [0.2, 0.25) is 0 Å². The molecule has 0 radical (unpaired) electrons. The molecule has 11 heteroatoms. The van der Waals surface area contributed by atoms with Gasteiger partial charge in [0.2, 0.25) is 6.79 Å². The lowest BCUT2D eigenvalue weighted by atomic mass is 10.3. The molecule has 248 valence electrons. The van der Waals surface area contributed by atoms with Crippen molar-refractivity contribution < 1.29 is 38.0 Å². The number of alkyl halides is 2. The summed E-state index contributed by atoms with van der Waals surface area (Å²) in [6, 6.07) is 34.4. The molecular weight excluding hydrogens is 663 g/mol. The highest BCUT2D eigenvalue weighted by Gasteiger charge is 2.17. The van der Waals surface area contributed by atoms with Gasteiger partial charge in [-0.05, 0) is 72.8 Å². The number of esters is 2. The normalized spacial score (nSPS) is 10.8. The van der Waals surface area contributed by atoms with E-state index in [0.29, 0.717) is 17.4 Å². The summed E-state index contributed by atoms with van der Waals surface area (Å²) in [6.07, 6.45) is 0.889. The monoisotopic (exact) mass is 698 g/mol. The van der Waals surface area contributed by atoms with Gasteiger partial charge in [0.15, 0.2) is 6.10 Å². The van der Waals surface area contributed by atoms with Crippen LogP contribution in [-0.2, 0) is 19.1 Å². The molecule has 4 aromatic rings. The van der Waals surface area contributed by atoms with Crippen LogP contribution in [0.5, 0.6) is 23.0 Å². The molecular formula is C36H36Cl2O8S. The van der Waals surface area contributed by atoms with Crippen LogP contribution >= 0.6 is 35.0 Å². The number of carbonyl (C=O) groups is 2. The molecule has 4 rings (SSSR count). The lowest BCUT2D eigenvalue weighted by molar-refractivity contribution is -0.151. The fraction of sp³-hybridized carbons (Fsp3) is 0.222. The Kier molecular flexibility index (Phi) is 17.6. The van der Waals surface area contributed by atoms with Gasteiger partial charge in [-0.15, -0.1) is 23.2 Å². The molecule has 4 aromatic carbocycles. The van der Waals surface area contributed by atoms with Crippen LogP contribution in [0.3, 0.4) is 0 Å². The number of rotatable bonds is 18. The van der Waals surface area contributed by atoms with E-state index in [1.807, 2.05) is 109 Å². The molecule has 0 amide bonds. The van der Waals surface area contributed by atoms with Crippen LogP contribution in [0, 0.1) is 0 Å². The molecule has 0 aliphatic rings. The lowest BCUT2D eigenvalue weighted by Crippen LogP contribution is -2.31. The van der Waals surface area contributed by atoms with E-state index in [0.717, 1.165) is 27.6 Å². The summed E-state index contributed by atoms with van der Waals surface area (Å²) in [5.74, 6) is 2.63. The third-order valence-corrected chi connectivity index (χ3v) is 7.20. The number of hydrogen-bond donors (Lipinski definition) is 0. The average Bonchev–Trinajstić information content (AvgIpc) is 3.09. The second-order valence-corrected chi connectivity index (χ2v) is 11.2. The van der Waals surface area contributed by atoms with Crippen molar-refractivity contribution in [2.24, 2.45) is 0 Å². The zero-order valence-corrected chi connectivity index (χ0v) is 28.0. The Morgan fingerprint density at radius 2 is 1.04 bits per heavy atom. The van der Waals surface area contributed by atoms with E-state index in [2.05, 4.69) is 11.3 Å². The molecule has 0 saturated carbocycles. The maximum atomic E-state index is 12.0. The zero-order chi connectivity index (χ0) is 33.5. The predicted molar refractivity (Wildman–Crippen MR) is 184 cm³/mol. The summed E-state index contributed by atoms with van der Waals surface area (Å²) < 4.78 is 32.7. The Morgan fingerprint density at radius 3 is 1.51 bits per heavy atom. The first-order chi connectivity index (χ1) is 23.0. The van der Waals surface area contributed by atoms with Gasteiger partial charge < -0.3 is 28.4 Å². The largest absolute Gasteiger partial charge is 0.490 e. The summed E-state index contributed by atoms with van der Waals surface area (Å²) in [5.41, 5.74) is 0. The number of hydrogen-bond acceptors (Lipinski definition) is 9. The van der Waals surface area contributed by atoms with Gasteiger partial charge in [-0.1, -0.05) is 54.7 Å². The highest BCUT2D eigenvalue weighted by Crippen LogP contribution is 2.30. The van der Waals surface area contributed by atoms with Gasteiger partial charge in [-0.25, -0.2) is 0 Å². The van der Waals surface area contributed by atoms with Crippen molar-refractivity contribution in [2.75, 3.05) is 31.8 Å². The van der Waals surface area contributed by atoms with E-state index >= 15 is 0 Å². The first-order valence-corrected chi connectivity index (χ1v) is 16.5. The molecule has 47 heavy (non-hydrogen) atoms. The molecule has 1 unspecified atom stereocenters. The average molecular weight is 700 g/mol. The molecule has 0 saturated heterocycles. The summed E-state index contributed by atoms with van der Waals surface area (Å²) in [4.78, 5) is 24.4. The van der Waals surface area contributed by atoms with Crippen LogP contribution in [-0.4, -0.2) is 49.8 Å². The molecule has 0 fully saturated rings. The van der Waals surface area contributed by atoms with E-state index in [9.17, 15) is 9.59 Å². The summed E-state index contributed by atoms with van der Waals surface area (Å²) in [6.45, 7) is 3.66. The number of carbonyl (C=O) groups excluding carboxylic acids is 2. The highest BCUT2D eigenvalue weighted by molar-refractivity contribution is 7.99. The van der Waals surface area contributed by atoms with Gasteiger partial charge in [0.1, 0.15) is 36.2 Å². The fourth-order valence-corrected chi connectivity index (χ4v) is 4.71. The van der Waals surface area contributed by atoms with Crippen molar-refractivity contribution in [3.05, 3.63) is 122 Å². The minimum atomic E-state index is -0.575. The third-order valence-electron chi connectivity index (χ3n) is 5.80. The van der Waals surface area contributed by atoms with Gasteiger partial charge >= 0.3 is 11.9 Å². The van der Waals surface area contributed by atoms with Gasteiger partial charge in [0.25, 0.3) is 0 Å². The molecule has 0 aliphatic carbocycles. The molecule has 0 spiro atoms. The van der Waals surface area contributed by atoms with E-state index in [4.69, 9.17) is 46.9 Å². The van der Waals surface area contributed by atoms with E-state index in [1.54, 1.807) is 11.8 Å². The second-order valence-electron chi connectivity index (χ2n) is 9.35. The van der Waals surface area contributed by atoms with Crippen LogP contribution in [0.25, 0.3) is 0 Å². The van der Waals surface area contributed by atoms with Crippen LogP contribution in [0.15, 0.2) is 132 Å². The molecule has 0 aliphatic heterocycles. The SMILES string of the molecule is C=COC(=O)CCCl.O=C(CCCl)OC(COc1ccccc1)COc1ccc(Sc2ccc(OCOc3ccccc3)cc2)cc1. The zero-order valence-electron chi connectivity index (χ0n) is 25.6. The molecule has 1 atom stereocenters. The molecule has 0 N–H and O–H groups in total. The Bertz CT molecular complexity index is 1460. The van der Waals surface area contributed by atoms with E-state index in [-0.39, 0.29) is 50.7 Å². The summed E-state index contributed by atoms with van der Waals surface area (Å²) in [7, 11) is 0. The second kappa shape index (κ2) is 22.3. The number of ether oxygens (including phenoxy) is 6. The lowest BCUT2D eigenvalue weighted by Gasteiger charge is -2.19. The van der Waals surface area contributed by atoms with Crippen LogP contribution in [0.4, 0.5) is 0 Å². The quantitative estimate of drug-likeness (QED) is 0.0439. The van der Waals surface area contributed by atoms with E-state index < -0.39 is 6.10 Å². The van der Waals surface area contributed by atoms with Gasteiger partial charge in [0, 0.05) is 21.6 Å². The van der Waals surface area contributed by atoms with Crippen molar-refractivity contribution in [3.63, 3.8) is 0 Å². The Hall–Kier alpha value is -4.31. The fourth-order valence-electron chi connectivity index (χ4n) is 3.59. The maximum absolute atomic E-state index is 12.0. The van der Waals surface area contributed by atoms with Crippen molar-refractivity contribution in [1.29, 1.82) is 0 Å². The van der Waals surface area contributed by atoms with Gasteiger partial charge in [-0.2, -0.15) is 0 Å². The molecule has 0 heterocycles. The Balaban J connectivity index is 0.000000665. The predicted octanol–water partition coefficient (Wildman–Crippen LogP) is 8.55. The molecule has 0 bridgehead atoms. The van der Waals surface area contributed by atoms with E-state index in [1.165, 1.54) is 0 Å². The maximum Gasteiger partial charge on any atom is 0.311 e. The van der Waals surface area contributed by atoms with Crippen molar-refractivity contribution in [1.82, 2.24) is 0 Å². The number of halogens is 2. The Labute approximate surface area is 289 Å². The molecule has 0 aromatic heterocycles. The van der Waals surface area contributed by atoms with Gasteiger partial charge in [-0.3, -0.25) is 9.59 Å².